The number of hydrogen-bond acceptors (Lipinski definition) is 6. The van der Waals surface area contributed by atoms with Gasteiger partial charge in [-0.15, -0.1) is 0 Å². The smallest absolute Gasteiger partial charge is 0.410 e. The predicted octanol–water partition coefficient (Wildman–Crippen LogP) is 5.14. The molecule has 1 saturated carbocycles. The maximum absolute atomic E-state index is 12.4. The number of carbonyl (C=O) groups excluding carboxylic acids is 2. The zero-order valence-corrected chi connectivity index (χ0v) is 21.5. The molecule has 2 fully saturated rings. The number of rotatable bonds is 6. The lowest BCUT2D eigenvalue weighted by molar-refractivity contribution is 0.0252. The van der Waals surface area contributed by atoms with Gasteiger partial charge in [-0.05, 0) is 51.8 Å². The molecule has 3 atom stereocenters. The first-order chi connectivity index (χ1) is 16.4. The highest BCUT2D eigenvalue weighted by Crippen LogP contribution is 2.48. The maximum atomic E-state index is 12.4. The van der Waals surface area contributed by atoms with Gasteiger partial charge in [0.1, 0.15) is 23.5 Å². The standard InChI is InChI=1S/C26H32ClN3O5/c1-25(2,3)35-24(32)30-13-18-19(14-30)22(18)34-21-12-17(11-20(27)28-21)26(4,5)29-23(31)33-15-16-9-7-6-8-10-16/h6-12,18-19,22H,13-15H2,1-5H3,(H,29,31)/t18-,19+,22?. The Bertz CT molecular complexity index is 1070. The van der Waals surface area contributed by atoms with E-state index in [0.717, 1.165) is 11.1 Å². The Morgan fingerprint density at radius 2 is 1.74 bits per heavy atom. The molecule has 1 unspecified atom stereocenters. The molecule has 1 N–H and O–H groups in total. The number of amides is 2. The first-order valence-corrected chi connectivity index (χ1v) is 12.1. The summed E-state index contributed by atoms with van der Waals surface area (Å²) >= 11 is 6.28. The number of nitrogens with one attached hydrogen (secondary N) is 1. The van der Waals surface area contributed by atoms with E-state index in [1.54, 1.807) is 17.0 Å². The molecule has 1 aromatic carbocycles. The Hall–Kier alpha value is -3.00. The van der Waals surface area contributed by atoms with E-state index in [0.29, 0.717) is 19.0 Å². The van der Waals surface area contributed by atoms with Crippen LogP contribution in [0.4, 0.5) is 9.59 Å². The van der Waals surface area contributed by atoms with Crippen LogP contribution in [0.1, 0.15) is 45.7 Å². The van der Waals surface area contributed by atoms with Crippen LogP contribution in [0.3, 0.4) is 0 Å². The fourth-order valence-corrected chi connectivity index (χ4v) is 4.44. The quantitative estimate of drug-likeness (QED) is 0.551. The lowest BCUT2D eigenvalue weighted by Crippen LogP contribution is -2.41. The van der Waals surface area contributed by atoms with Gasteiger partial charge in [0.15, 0.2) is 0 Å². The van der Waals surface area contributed by atoms with Crippen molar-refractivity contribution in [1.82, 2.24) is 15.2 Å². The molecule has 35 heavy (non-hydrogen) atoms. The molecule has 2 heterocycles. The van der Waals surface area contributed by atoms with E-state index >= 15 is 0 Å². The summed E-state index contributed by atoms with van der Waals surface area (Å²) in [7, 11) is 0. The van der Waals surface area contributed by atoms with Crippen molar-refractivity contribution in [2.45, 2.75) is 58.5 Å². The molecule has 1 aromatic heterocycles. The van der Waals surface area contributed by atoms with E-state index in [-0.39, 0.29) is 35.8 Å². The van der Waals surface area contributed by atoms with Crippen molar-refractivity contribution < 1.29 is 23.8 Å². The number of piperidine rings is 1. The van der Waals surface area contributed by atoms with Crippen LogP contribution in [0.5, 0.6) is 5.88 Å². The van der Waals surface area contributed by atoms with Gasteiger partial charge in [-0.1, -0.05) is 41.9 Å². The number of ether oxygens (including phenoxy) is 3. The third kappa shape index (κ3) is 6.36. The highest BCUT2D eigenvalue weighted by molar-refractivity contribution is 6.29. The highest BCUT2D eigenvalue weighted by atomic mass is 35.5. The summed E-state index contributed by atoms with van der Waals surface area (Å²) in [6.07, 6.45) is -0.855. The molecule has 4 rings (SSSR count). The number of hydrogen-bond donors (Lipinski definition) is 1. The van der Waals surface area contributed by atoms with Gasteiger partial charge in [0.2, 0.25) is 5.88 Å². The van der Waals surface area contributed by atoms with Crippen LogP contribution in [0.15, 0.2) is 42.5 Å². The minimum atomic E-state index is -0.772. The summed E-state index contributed by atoms with van der Waals surface area (Å²) in [5.41, 5.74) is 0.356. The second-order valence-corrected chi connectivity index (χ2v) is 11.0. The van der Waals surface area contributed by atoms with E-state index in [4.69, 9.17) is 25.8 Å². The Balaban J connectivity index is 1.33. The van der Waals surface area contributed by atoms with Gasteiger partial charge < -0.3 is 24.4 Å². The molecule has 2 amide bonds. The second-order valence-electron chi connectivity index (χ2n) is 10.6. The van der Waals surface area contributed by atoms with Crippen LogP contribution >= 0.6 is 11.6 Å². The number of carbonyl (C=O) groups is 2. The second kappa shape index (κ2) is 9.57. The zero-order valence-electron chi connectivity index (χ0n) is 20.7. The summed E-state index contributed by atoms with van der Waals surface area (Å²) in [6.45, 7) is 10.7. The van der Waals surface area contributed by atoms with Crippen molar-refractivity contribution in [3.05, 3.63) is 58.7 Å². The molecule has 0 bridgehead atoms. The molecule has 1 aliphatic heterocycles. The Morgan fingerprint density at radius 1 is 1.09 bits per heavy atom. The summed E-state index contributed by atoms with van der Waals surface area (Å²) in [6, 6.07) is 13.0. The molecule has 0 radical (unpaired) electrons. The zero-order chi connectivity index (χ0) is 25.4. The first-order valence-electron chi connectivity index (χ1n) is 11.7. The lowest BCUT2D eigenvalue weighted by atomic mass is 9.95. The van der Waals surface area contributed by atoms with Crippen LogP contribution < -0.4 is 10.1 Å². The van der Waals surface area contributed by atoms with Gasteiger partial charge in [-0.2, -0.15) is 0 Å². The van der Waals surface area contributed by atoms with E-state index in [2.05, 4.69) is 10.3 Å². The van der Waals surface area contributed by atoms with Gasteiger partial charge in [0, 0.05) is 31.0 Å². The van der Waals surface area contributed by atoms with Crippen molar-refractivity contribution in [3.8, 4) is 5.88 Å². The number of nitrogens with zero attached hydrogens (tertiary/aromatic N) is 2. The van der Waals surface area contributed by atoms with E-state index in [1.807, 2.05) is 65.0 Å². The summed E-state index contributed by atoms with van der Waals surface area (Å²) in [4.78, 5) is 30.7. The van der Waals surface area contributed by atoms with E-state index < -0.39 is 17.2 Å². The SMILES string of the molecule is CC(C)(C)OC(=O)N1C[C@@H]2C(Oc3cc(C(C)(C)NC(=O)OCc4ccccc4)cc(Cl)n3)[C@@H]2C1. The molecule has 1 saturated heterocycles. The van der Waals surface area contributed by atoms with Gasteiger partial charge >= 0.3 is 12.2 Å². The average molecular weight is 502 g/mol. The van der Waals surface area contributed by atoms with Crippen molar-refractivity contribution in [3.63, 3.8) is 0 Å². The summed E-state index contributed by atoms with van der Waals surface area (Å²) in [5, 5.41) is 3.15. The molecule has 2 aromatic rings. The van der Waals surface area contributed by atoms with Gasteiger partial charge in [0.25, 0.3) is 0 Å². The van der Waals surface area contributed by atoms with Crippen LogP contribution in [0.25, 0.3) is 0 Å². The Morgan fingerprint density at radius 3 is 2.37 bits per heavy atom. The predicted molar refractivity (Wildman–Crippen MR) is 131 cm³/mol. The van der Waals surface area contributed by atoms with Crippen molar-refractivity contribution in [1.29, 1.82) is 0 Å². The molecule has 0 spiro atoms. The van der Waals surface area contributed by atoms with Gasteiger partial charge in [-0.3, -0.25) is 0 Å². The summed E-state index contributed by atoms with van der Waals surface area (Å²) in [5.74, 6) is 0.875. The number of alkyl carbamates (subject to hydrolysis) is 1. The molecular weight excluding hydrogens is 470 g/mol. The fraction of sp³-hybridized carbons (Fsp3) is 0.500. The third-order valence-electron chi connectivity index (χ3n) is 6.14. The number of pyridine rings is 1. The Labute approximate surface area is 210 Å². The van der Waals surface area contributed by atoms with Crippen molar-refractivity contribution in [2.75, 3.05) is 13.1 Å². The minimum absolute atomic E-state index is 0.0283. The first kappa shape index (κ1) is 25.1. The Kier molecular flexibility index (Phi) is 6.86. The summed E-state index contributed by atoms with van der Waals surface area (Å²) < 4.78 is 16.9. The largest absolute Gasteiger partial charge is 0.474 e. The van der Waals surface area contributed by atoms with Crippen molar-refractivity contribution >= 4 is 23.8 Å². The average Bonchev–Trinajstić information content (AvgIpc) is 3.18. The van der Waals surface area contributed by atoms with E-state index in [9.17, 15) is 9.59 Å². The molecule has 2 aliphatic rings. The fourth-order valence-electron chi connectivity index (χ4n) is 4.24. The van der Waals surface area contributed by atoms with Gasteiger partial charge in [0.05, 0.1) is 5.54 Å². The van der Waals surface area contributed by atoms with Crippen LogP contribution in [0.2, 0.25) is 5.15 Å². The lowest BCUT2D eigenvalue weighted by Gasteiger charge is -2.27. The van der Waals surface area contributed by atoms with Crippen LogP contribution in [-0.2, 0) is 21.6 Å². The van der Waals surface area contributed by atoms with Gasteiger partial charge in [-0.25, -0.2) is 14.6 Å². The number of benzene rings is 1. The molecule has 8 nitrogen and oxygen atoms in total. The molecule has 1 aliphatic carbocycles. The number of likely N-dealkylation sites (tertiary alicyclic amines) is 1. The number of halogens is 1. The maximum Gasteiger partial charge on any atom is 0.410 e. The number of fused-ring (bicyclic) bond motifs is 1. The van der Waals surface area contributed by atoms with E-state index in [1.165, 1.54) is 0 Å². The number of aromatic nitrogens is 1. The topological polar surface area (TPSA) is 90.0 Å². The normalized spacial score (nSPS) is 21.2. The van der Waals surface area contributed by atoms with Crippen LogP contribution in [-0.4, -0.2) is 46.9 Å². The molecule has 188 valence electrons. The molecular formula is C26H32ClN3O5. The van der Waals surface area contributed by atoms with Crippen molar-refractivity contribution in [2.24, 2.45) is 11.8 Å². The monoisotopic (exact) mass is 501 g/mol. The van der Waals surface area contributed by atoms with Crippen LogP contribution in [0, 0.1) is 11.8 Å². The third-order valence-corrected chi connectivity index (χ3v) is 6.34. The molecule has 9 heteroatoms. The minimum Gasteiger partial charge on any atom is -0.474 e. The highest BCUT2D eigenvalue weighted by Gasteiger charge is 2.59.